The second-order valence-electron chi connectivity index (χ2n) is 6.83. The van der Waals surface area contributed by atoms with Gasteiger partial charge in [0.25, 0.3) is 5.91 Å². The monoisotopic (exact) mass is 349 g/mol. The van der Waals surface area contributed by atoms with Crippen molar-refractivity contribution in [2.24, 2.45) is 10.9 Å². The molecule has 0 fully saturated rings. The first-order valence-corrected chi connectivity index (χ1v) is 8.77. The van der Waals surface area contributed by atoms with Gasteiger partial charge in [-0.1, -0.05) is 62.4 Å². The van der Waals surface area contributed by atoms with Crippen LogP contribution in [-0.2, 0) is 9.59 Å². The van der Waals surface area contributed by atoms with Gasteiger partial charge in [-0.2, -0.15) is 0 Å². The molecule has 26 heavy (non-hydrogen) atoms. The van der Waals surface area contributed by atoms with Crippen molar-refractivity contribution in [2.45, 2.75) is 26.4 Å². The van der Waals surface area contributed by atoms with Gasteiger partial charge < -0.3 is 10.2 Å². The molecule has 1 heterocycles. The van der Waals surface area contributed by atoms with Crippen LogP contribution in [0.25, 0.3) is 0 Å². The molecule has 0 saturated heterocycles. The fraction of sp³-hybridized carbons (Fsp3) is 0.286. The predicted octanol–water partition coefficient (Wildman–Crippen LogP) is 2.99. The first-order valence-electron chi connectivity index (χ1n) is 8.77. The first kappa shape index (κ1) is 17.9. The van der Waals surface area contributed by atoms with E-state index in [1.165, 1.54) is 0 Å². The second kappa shape index (κ2) is 7.52. The lowest BCUT2D eigenvalue weighted by atomic mass is 10.0. The molecular formula is C21H23N3O2. The third-order valence-corrected chi connectivity index (χ3v) is 4.28. The number of carbonyl (C=O) groups is 2. The van der Waals surface area contributed by atoms with Crippen LogP contribution in [0.4, 0.5) is 5.69 Å². The molecule has 0 bridgehead atoms. The minimum absolute atomic E-state index is 0.172. The number of para-hydroxylation sites is 1. The van der Waals surface area contributed by atoms with Crippen LogP contribution in [0.5, 0.6) is 0 Å². The Balaban J connectivity index is 2.07. The topological polar surface area (TPSA) is 61.8 Å². The van der Waals surface area contributed by atoms with E-state index in [0.717, 1.165) is 16.8 Å². The van der Waals surface area contributed by atoms with E-state index in [1.54, 1.807) is 11.9 Å². The minimum Gasteiger partial charge on any atom is -0.327 e. The Kier molecular flexibility index (Phi) is 5.16. The number of benzene rings is 2. The van der Waals surface area contributed by atoms with E-state index in [0.29, 0.717) is 12.1 Å². The molecule has 1 atom stereocenters. The van der Waals surface area contributed by atoms with Gasteiger partial charge in [0.15, 0.2) is 0 Å². The number of hydrogen-bond donors (Lipinski definition) is 1. The molecule has 0 aliphatic carbocycles. The summed E-state index contributed by atoms with van der Waals surface area (Å²) in [7, 11) is 1.71. The number of hydrogen-bond acceptors (Lipinski definition) is 3. The van der Waals surface area contributed by atoms with Crippen LogP contribution in [-0.4, -0.2) is 30.7 Å². The largest absolute Gasteiger partial charge is 0.327 e. The highest BCUT2D eigenvalue weighted by atomic mass is 16.2. The maximum atomic E-state index is 12.9. The van der Waals surface area contributed by atoms with E-state index in [1.807, 2.05) is 68.4 Å². The van der Waals surface area contributed by atoms with Crippen molar-refractivity contribution in [1.82, 2.24) is 5.32 Å². The van der Waals surface area contributed by atoms with Crippen LogP contribution in [0.3, 0.4) is 0 Å². The second-order valence-corrected chi connectivity index (χ2v) is 6.83. The standard InChI is InChI=1S/C21H23N3O2/c1-14(2)13-18(25)22-20-21(26)24(3)17-12-8-7-11-16(17)19(23-20)15-9-5-4-6-10-15/h4-12,14,20H,13H2,1-3H3,(H,22,25)/t20-/m0/s1. The molecule has 0 unspecified atom stereocenters. The van der Waals surface area contributed by atoms with Gasteiger partial charge in [-0.3, -0.25) is 9.59 Å². The lowest BCUT2D eigenvalue weighted by Crippen LogP contribution is -2.46. The van der Waals surface area contributed by atoms with E-state index >= 15 is 0 Å². The molecule has 5 nitrogen and oxygen atoms in total. The van der Waals surface area contributed by atoms with Gasteiger partial charge in [-0.05, 0) is 12.0 Å². The van der Waals surface area contributed by atoms with Gasteiger partial charge in [0.05, 0.1) is 11.4 Å². The van der Waals surface area contributed by atoms with E-state index < -0.39 is 6.17 Å². The number of aliphatic imine (C=N–C) groups is 1. The van der Waals surface area contributed by atoms with Gasteiger partial charge in [-0.25, -0.2) is 4.99 Å². The average Bonchev–Trinajstić information content (AvgIpc) is 2.73. The van der Waals surface area contributed by atoms with Crippen molar-refractivity contribution >= 4 is 23.2 Å². The van der Waals surface area contributed by atoms with Crippen molar-refractivity contribution in [3.8, 4) is 0 Å². The summed E-state index contributed by atoms with van der Waals surface area (Å²) in [5.74, 6) is -0.210. The molecule has 2 amide bonds. The maximum absolute atomic E-state index is 12.9. The normalized spacial score (nSPS) is 16.8. The molecule has 0 aromatic heterocycles. The van der Waals surface area contributed by atoms with Gasteiger partial charge >= 0.3 is 0 Å². The van der Waals surface area contributed by atoms with Crippen LogP contribution in [0.1, 0.15) is 31.4 Å². The quantitative estimate of drug-likeness (QED) is 0.922. The highest BCUT2D eigenvalue weighted by molar-refractivity contribution is 6.20. The van der Waals surface area contributed by atoms with E-state index in [4.69, 9.17) is 0 Å². The zero-order valence-corrected chi connectivity index (χ0v) is 15.3. The maximum Gasteiger partial charge on any atom is 0.272 e. The Morgan fingerprint density at radius 1 is 1.12 bits per heavy atom. The number of fused-ring (bicyclic) bond motifs is 1. The van der Waals surface area contributed by atoms with Crippen LogP contribution in [0.2, 0.25) is 0 Å². The number of nitrogens with one attached hydrogen (secondary N) is 1. The third kappa shape index (κ3) is 3.67. The molecule has 0 saturated carbocycles. The molecule has 2 aromatic rings. The van der Waals surface area contributed by atoms with Crippen LogP contribution in [0, 0.1) is 5.92 Å². The number of carbonyl (C=O) groups excluding carboxylic acids is 2. The SMILES string of the molecule is CC(C)CC(=O)N[C@H]1N=C(c2ccccc2)c2ccccc2N(C)C1=O. The highest BCUT2D eigenvalue weighted by Gasteiger charge is 2.30. The average molecular weight is 349 g/mol. The molecule has 3 rings (SSSR count). The van der Waals surface area contributed by atoms with E-state index in [-0.39, 0.29) is 17.7 Å². The molecule has 0 radical (unpaired) electrons. The van der Waals surface area contributed by atoms with Gasteiger partial charge in [0.2, 0.25) is 12.1 Å². The Hall–Kier alpha value is -2.95. The predicted molar refractivity (Wildman–Crippen MR) is 103 cm³/mol. The number of anilines is 1. The first-order chi connectivity index (χ1) is 12.5. The van der Waals surface area contributed by atoms with Crippen LogP contribution < -0.4 is 10.2 Å². The molecule has 1 N–H and O–H groups in total. The summed E-state index contributed by atoms with van der Waals surface area (Å²) in [6.45, 7) is 3.93. The molecular weight excluding hydrogens is 326 g/mol. The lowest BCUT2D eigenvalue weighted by molar-refractivity contribution is -0.127. The van der Waals surface area contributed by atoms with Crippen molar-refractivity contribution in [3.63, 3.8) is 0 Å². The lowest BCUT2D eigenvalue weighted by Gasteiger charge is -2.21. The van der Waals surface area contributed by atoms with Crippen molar-refractivity contribution in [1.29, 1.82) is 0 Å². The Morgan fingerprint density at radius 3 is 2.46 bits per heavy atom. The van der Waals surface area contributed by atoms with Crippen LogP contribution >= 0.6 is 0 Å². The smallest absolute Gasteiger partial charge is 0.272 e. The molecule has 0 spiro atoms. The number of rotatable bonds is 4. The molecule has 134 valence electrons. The fourth-order valence-corrected chi connectivity index (χ4v) is 3.02. The molecule has 5 heteroatoms. The number of nitrogens with zero attached hydrogens (tertiary/aromatic N) is 2. The van der Waals surface area contributed by atoms with E-state index in [2.05, 4.69) is 10.3 Å². The zero-order chi connectivity index (χ0) is 18.7. The Bertz CT molecular complexity index is 843. The number of likely N-dealkylation sites (N-methyl/N-ethyl adjacent to an activating group) is 1. The molecule has 1 aliphatic rings. The summed E-state index contributed by atoms with van der Waals surface area (Å²) < 4.78 is 0. The molecule has 2 aromatic carbocycles. The summed E-state index contributed by atoms with van der Waals surface area (Å²) in [5, 5.41) is 2.79. The molecule has 1 aliphatic heterocycles. The Morgan fingerprint density at radius 2 is 1.77 bits per heavy atom. The fourth-order valence-electron chi connectivity index (χ4n) is 3.02. The van der Waals surface area contributed by atoms with E-state index in [9.17, 15) is 9.59 Å². The minimum atomic E-state index is -0.936. The zero-order valence-electron chi connectivity index (χ0n) is 15.3. The van der Waals surface area contributed by atoms with Crippen molar-refractivity contribution < 1.29 is 9.59 Å². The Labute approximate surface area is 153 Å². The number of amides is 2. The summed E-state index contributed by atoms with van der Waals surface area (Å²) >= 11 is 0. The van der Waals surface area contributed by atoms with Gasteiger partial charge in [0.1, 0.15) is 0 Å². The highest BCUT2D eigenvalue weighted by Crippen LogP contribution is 2.27. The summed E-state index contributed by atoms with van der Waals surface area (Å²) in [6, 6.07) is 17.4. The van der Waals surface area contributed by atoms with Crippen molar-refractivity contribution in [2.75, 3.05) is 11.9 Å². The van der Waals surface area contributed by atoms with Gasteiger partial charge in [0, 0.05) is 24.6 Å². The van der Waals surface area contributed by atoms with Crippen LogP contribution in [0.15, 0.2) is 59.6 Å². The summed E-state index contributed by atoms with van der Waals surface area (Å²) in [6.07, 6.45) is -0.578. The van der Waals surface area contributed by atoms with Gasteiger partial charge in [-0.15, -0.1) is 0 Å². The summed E-state index contributed by atoms with van der Waals surface area (Å²) in [4.78, 5) is 31.4. The summed E-state index contributed by atoms with van der Waals surface area (Å²) in [5.41, 5.74) is 3.26. The van der Waals surface area contributed by atoms with Crippen molar-refractivity contribution in [3.05, 3.63) is 65.7 Å². The number of benzodiazepines with no additional fused rings is 1. The third-order valence-electron chi connectivity index (χ3n) is 4.28.